The molecule has 0 radical (unpaired) electrons. The lowest BCUT2D eigenvalue weighted by atomic mass is 9.98. The predicted octanol–water partition coefficient (Wildman–Crippen LogP) is 5.97. The first-order valence-corrected chi connectivity index (χ1v) is 12.7. The normalized spacial score (nSPS) is 13.0. The summed E-state index contributed by atoms with van der Waals surface area (Å²) in [4.78, 5) is 11.9. The number of rotatable bonds is 7. The van der Waals surface area contributed by atoms with Crippen molar-refractivity contribution in [3.05, 3.63) is 29.8 Å². The van der Waals surface area contributed by atoms with E-state index in [0.29, 0.717) is 12.3 Å². The van der Waals surface area contributed by atoms with E-state index < -0.39 is 14.4 Å². The predicted molar refractivity (Wildman–Crippen MR) is 119 cm³/mol. The maximum Gasteiger partial charge on any atom is 0.411 e. The van der Waals surface area contributed by atoms with Gasteiger partial charge in [-0.2, -0.15) is 25.3 Å². The van der Waals surface area contributed by atoms with Gasteiger partial charge in [0, 0.05) is 11.1 Å². The van der Waals surface area contributed by atoms with Crippen LogP contribution in [0.1, 0.15) is 40.2 Å². The van der Waals surface area contributed by atoms with Gasteiger partial charge in [-0.3, -0.25) is 5.32 Å². The molecule has 0 bridgehead atoms. The van der Waals surface area contributed by atoms with Crippen molar-refractivity contribution in [3.63, 3.8) is 0 Å². The van der Waals surface area contributed by atoms with E-state index in [1.54, 1.807) is 0 Å². The molecule has 26 heavy (non-hydrogen) atoms. The largest absolute Gasteiger partial charge is 0.449 e. The number of amides is 1. The molecule has 0 atom stereocenters. The van der Waals surface area contributed by atoms with Crippen LogP contribution in [0.2, 0.25) is 18.1 Å². The first kappa shape index (κ1) is 23.4. The van der Waals surface area contributed by atoms with Gasteiger partial charge in [-0.25, -0.2) is 4.79 Å². The summed E-state index contributed by atoms with van der Waals surface area (Å²) in [6.45, 7) is 15.9. The van der Waals surface area contributed by atoms with E-state index in [1.807, 2.05) is 38.1 Å². The topological polar surface area (TPSA) is 47.6 Å². The highest BCUT2D eigenvalue weighted by Gasteiger charge is 2.37. The quantitative estimate of drug-likeness (QED) is 0.292. The van der Waals surface area contributed by atoms with Crippen LogP contribution in [0.5, 0.6) is 0 Å². The highest BCUT2D eigenvalue weighted by molar-refractivity contribution is 7.99. The van der Waals surface area contributed by atoms with Crippen LogP contribution in [0, 0.1) is 5.41 Å². The minimum absolute atomic E-state index is 0.171. The van der Waals surface area contributed by atoms with E-state index in [9.17, 15) is 4.79 Å². The standard InChI is InChI=1S/C19H33NO3S2Si/c1-18(2,3)26(6,7)23-12-14-8-10-15(11-9-14)20-17(21)22-13-19(4,5)16(24)25/h8-11,16,24-25H,12-13H2,1-7H3,(H,20,21). The summed E-state index contributed by atoms with van der Waals surface area (Å²) in [6.07, 6.45) is -0.481. The van der Waals surface area contributed by atoms with Gasteiger partial charge >= 0.3 is 6.09 Å². The van der Waals surface area contributed by atoms with Crippen molar-refractivity contribution in [3.8, 4) is 0 Å². The molecule has 0 aliphatic carbocycles. The van der Waals surface area contributed by atoms with Gasteiger partial charge < -0.3 is 9.16 Å². The molecule has 0 fully saturated rings. The molecule has 7 heteroatoms. The van der Waals surface area contributed by atoms with E-state index >= 15 is 0 Å². The van der Waals surface area contributed by atoms with E-state index in [-0.39, 0.29) is 21.6 Å². The smallest absolute Gasteiger partial charge is 0.411 e. The van der Waals surface area contributed by atoms with Crippen LogP contribution in [-0.4, -0.2) is 25.6 Å². The molecule has 4 nitrogen and oxygen atoms in total. The van der Waals surface area contributed by atoms with Crippen LogP contribution in [-0.2, 0) is 15.8 Å². The zero-order valence-corrected chi connectivity index (χ0v) is 19.7. The molecule has 0 aliphatic rings. The minimum atomic E-state index is -1.77. The van der Waals surface area contributed by atoms with Crippen molar-refractivity contribution in [2.24, 2.45) is 5.41 Å². The Bertz CT molecular complexity index is 596. The molecule has 0 aromatic heterocycles. The van der Waals surface area contributed by atoms with Crippen LogP contribution in [0.3, 0.4) is 0 Å². The highest BCUT2D eigenvalue weighted by atomic mass is 32.2. The molecule has 0 unspecified atom stereocenters. The second-order valence-corrected chi connectivity index (χ2v) is 15.1. The van der Waals surface area contributed by atoms with E-state index in [0.717, 1.165) is 5.56 Å². The molecule has 1 rings (SSSR count). The van der Waals surface area contributed by atoms with Gasteiger partial charge in [0.1, 0.15) is 6.61 Å². The second-order valence-electron chi connectivity index (χ2n) is 8.81. The van der Waals surface area contributed by atoms with Gasteiger partial charge in [-0.1, -0.05) is 46.8 Å². The molecule has 0 spiro atoms. The number of hydrogen-bond donors (Lipinski definition) is 3. The Morgan fingerprint density at radius 2 is 1.65 bits per heavy atom. The SMILES string of the molecule is CC(C)(COC(=O)Nc1ccc(CO[Si](C)(C)C(C)(C)C)cc1)C(S)S. The minimum Gasteiger partial charge on any atom is -0.449 e. The molecular weight excluding hydrogens is 382 g/mol. The van der Waals surface area contributed by atoms with Gasteiger partial charge in [-0.15, -0.1) is 0 Å². The van der Waals surface area contributed by atoms with Crippen molar-refractivity contribution in [2.45, 2.75) is 63.9 Å². The molecular formula is C19H33NO3S2Si. The van der Waals surface area contributed by atoms with Crippen molar-refractivity contribution in [1.29, 1.82) is 0 Å². The number of benzene rings is 1. The van der Waals surface area contributed by atoms with Crippen LogP contribution in [0.4, 0.5) is 10.5 Å². The lowest BCUT2D eigenvalue weighted by Gasteiger charge is -2.36. The summed E-state index contributed by atoms with van der Waals surface area (Å²) >= 11 is 8.59. The first-order chi connectivity index (χ1) is 11.7. The summed E-state index contributed by atoms with van der Waals surface area (Å²) in [5.41, 5.74) is 1.47. The lowest BCUT2D eigenvalue weighted by Crippen LogP contribution is -2.40. The molecule has 1 aromatic rings. The fourth-order valence-corrected chi connectivity index (χ4v) is 2.75. The number of ether oxygens (including phenoxy) is 1. The lowest BCUT2D eigenvalue weighted by molar-refractivity contribution is 0.118. The van der Waals surface area contributed by atoms with Crippen molar-refractivity contribution < 1.29 is 14.0 Å². The maximum atomic E-state index is 11.9. The third-order valence-corrected chi connectivity index (χ3v) is 10.8. The molecule has 0 heterocycles. The Balaban J connectivity index is 2.54. The molecule has 148 valence electrons. The van der Waals surface area contributed by atoms with E-state index in [4.69, 9.17) is 9.16 Å². The zero-order chi connectivity index (χ0) is 20.2. The maximum absolute atomic E-state index is 11.9. The highest BCUT2D eigenvalue weighted by Crippen LogP contribution is 2.37. The van der Waals surface area contributed by atoms with Gasteiger partial charge in [0.25, 0.3) is 0 Å². The summed E-state index contributed by atoms with van der Waals surface area (Å²) in [6, 6.07) is 7.64. The van der Waals surface area contributed by atoms with Gasteiger partial charge in [0.15, 0.2) is 8.32 Å². The van der Waals surface area contributed by atoms with Crippen molar-refractivity contribution in [1.82, 2.24) is 0 Å². The van der Waals surface area contributed by atoms with Crippen LogP contribution < -0.4 is 5.32 Å². The Labute approximate surface area is 170 Å². The second kappa shape index (κ2) is 9.04. The van der Waals surface area contributed by atoms with Gasteiger partial charge in [0.2, 0.25) is 0 Å². The third-order valence-electron chi connectivity index (χ3n) is 4.88. The molecule has 0 saturated carbocycles. The first-order valence-electron chi connectivity index (χ1n) is 8.77. The fraction of sp³-hybridized carbons (Fsp3) is 0.632. The Morgan fingerprint density at radius 3 is 2.12 bits per heavy atom. The van der Waals surface area contributed by atoms with Crippen LogP contribution in [0.25, 0.3) is 0 Å². The molecule has 1 aromatic carbocycles. The Hall–Kier alpha value is -0.633. The number of carbonyl (C=O) groups is 1. The van der Waals surface area contributed by atoms with Gasteiger partial charge in [-0.05, 0) is 35.8 Å². The fourth-order valence-electron chi connectivity index (χ4n) is 1.64. The number of hydrogen-bond acceptors (Lipinski definition) is 5. The number of nitrogens with one attached hydrogen (secondary N) is 1. The summed E-state index contributed by atoms with van der Waals surface area (Å²) in [5.74, 6) is 0. The zero-order valence-electron chi connectivity index (χ0n) is 16.9. The van der Waals surface area contributed by atoms with E-state index in [2.05, 4.69) is 64.4 Å². The summed E-state index contributed by atoms with van der Waals surface area (Å²) in [5, 5.41) is 2.92. The van der Waals surface area contributed by atoms with E-state index in [1.165, 1.54) is 0 Å². The molecule has 1 N–H and O–H groups in total. The molecule has 1 amide bonds. The summed E-state index contributed by atoms with van der Waals surface area (Å²) in [7, 11) is -1.77. The van der Waals surface area contributed by atoms with Crippen LogP contribution >= 0.6 is 25.3 Å². The monoisotopic (exact) mass is 415 g/mol. The Kier molecular flexibility index (Phi) is 8.14. The van der Waals surface area contributed by atoms with Crippen molar-refractivity contribution in [2.75, 3.05) is 11.9 Å². The Morgan fingerprint density at radius 1 is 1.12 bits per heavy atom. The average Bonchev–Trinajstić information content (AvgIpc) is 2.51. The number of thiol groups is 2. The third kappa shape index (κ3) is 7.17. The average molecular weight is 416 g/mol. The van der Waals surface area contributed by atoms with Gasteiger partial charge in [0.05, 0.1) is 11.2 Å². The molecule has 0 aliphatic heterocycles. The number of anilines is 1. The van der Waals surface area contributed by atoms with Crippen molar-refractivity contribution >= 4 is 45.4 Å². The number of carbonyl (C=O) groups excluding carboxylic acids is 1. The molecule has 0 saturated heterocycles. The van der Waals surface area contributed by atoms with Crippen LogP contribution in [0.15, 0.2) is 24.3 Å². The summed E-state index contributed by atoms with van der Waals surface area (Å²) < 4.78 is 11.3.